The summed E-state index contributed by atoms with van der Waals surface area (Å²) in [4.78, 5) is -0.0303. The molecule has 0 radical (unpaired) electrons. The molecule has 2 aromatic rings. The van der Waals surface area contributed by atoms with Crippen LogP contribution in [0.2, 0.25) is 5.02 Å². The van der Waals surface area contributed by atoms with Crippen LogP contribution >= 0.6 is 11.6 Å². The summed E-state index contributed by atoms with van der Waals surface area (Å²) in [5.74, 6) is -0.644. The van der Waals surface area contributed by atoms with Gasteiger partial charge in [-0.1, -0.05) is 23.7 Å². The second-order valence-electron chi connectivity index (χ2n) is 4.58. The van der Waals surface area contributed by atoms with E-state index in [0.29, 0.717) is 5.69 Å². The van der Waals surface area contributed by atoms with Crippen molar-refractivity contribution in [1.82, 2.24) is 0 Å². The third-order valence-corrected chi connectivity index (χ3v) is 5.24. The van der Waals surface area contributed by atoms with Crippen molar-refractivity contribution in [2.75, 3.05) is 10.8 Å². The van der Waals surface area contributed by atoms with E-state index in [0.717, 1.165) is 17.7 Å². The monoisotopic (exact) mass is 327 g/mol. The molecule has 0 aliphatic carbocycles. The topological polar surface area (TPSA) is 37.4 Å². The molecule has 0 aromatic heterocycles. The summed E-state index contributed by atoms with van der Waals surface area (Å²) in [6.07, 6.45) is 0. The first-order valence-electron chi connectivity index (χ1n) is 6.40. The quantitative estimate of drug-likeness (QED) is 0.851. The Morgan fingerprint density at radius 1 is 1.19 bits per heavy atom. The Morgan fingerprint density at radius 2 is 1.90 bits per heavy atom. The number of benzene rings is 2. The first-order chi connectivity index (χ1) is 9.86. The Morgan fingerprint density at radius 3 is 2.48 bits per heavy atom. The van der Waals surface area contributed by atoms with Gasteiger partial charge in [-0.15, -0.1) is 0 Å². The molecule has 0 unspecified atom stereocenters. The molecule has 6 heteroatoms. The normalized spacial score (nSPS) is 11.4. The molecule has 0 heterocycles. The summed E-state index contributed by atoms with van der Waals surface area (Å²) in [7, 11) is -3.78. The van der Waals surface area contributed by atoms with Gasteiger partial charge >= 0.3 is 0 Å². The van der Waals surface area contributed by atoms with Crippen molar-refractivity contribution in [3.8, 4) is 0 Å². The minimum atomic E-state index is -3.78. The maximum Gasteiger partial charge on any atom is 0.264 e. The number of hydrogen-bond acceptors (Lipinski definition) is 2. The molecule has 0 amide bonds. The average molecular weight is 328 g/mol. The Hall–Kier alpha value is -1.59. The number of sulfonamides is 1. The highest BCUT2D eigenvalue weighted by atomic mass is 35.5. The summed E-state index contributed by atoms with van der Waals surface area (Å²) in [6.45, 7) is 3.89. The highest BCUT2D eigenvalue weighted by Gasteiger charge is 2.24. The first kappa shape index (κ1) is 15.8. The molecule has 0 bridgehead atoms. The van der Waals surface area contributed by atoms with E-state index in [9.17, 15) is 12.8 Å². The lowest BCUT2D eigenvalue weighted by Crippen LogP contribution is -2.30. The average Bonchev–Trinajstić information content (AvgIpc) is 2.42. The van der Waals surface area contributed by atoms with Crippen LogP contribution in [-0.2, 0) is 10.0 Å². The Labute approximate surface area is 129 Å². The molecule has 0 atom stereocenters. The van der Waals surface area contributed by atoms with E-state index in [4.69, 9.17) is 11.6 Å². The second kappa shape index (κ2) is 6.03. The molecule has 21 heavy (non-hydrogen) atoms. The molecule has 0 saturated carbocycles. The van der Waals surface area contributed by atoms with Gasteiger partial charge in [0.25, 0.3) is 10.0 Å². The highest BCUT2D eigenvalue weighted by molar-refractivity contribution is 7.92. The van der Waals surface area contributed by atoms with Gasteiger partial charge in [0.2, 0.25) is 0 Å². The summed E-state index contributed by atoms with van der Waals surface area (Å²) in [6, 6.07) is 10.6. The van der Waals surface area contributed by atoms with Gasteiger partial charge in [-0.3, -0.25) is 4.31 Å². The zero-order valence-corrected chi connectivity index (χ0v) is 13.2. The molecule has 2 rings (SSSR count). The number of rotatable bonds is 4. The van der Waals surface area contributed by atoms with Crippen LogP contribution in [0.15, 0.2) is 47.4 Å². The Balaban J connectivity index is 2.51. The van der Waals surface area contributed by atoms with Crippen molar-refractivity contribution >= 4 is 27.3 Å². The van der Waals surface area contributed by atoms with E-state index >= 15 is 0 Å². The van der Waals surface area contributed by atoms with Crippen LogP contribution in [0.3, 0.4) is 0 Å². The highest BCUT2D eigenvalue weighted by Crippen LogP contribution is 2.26. The third kappa shape index (κ3) is 3.19. The van der Waals surface area contributed by atoms with Crippen LogP contribution in [0.4, 0.5) is 10.1 Å². The first-order valence-corrected chi connectivity index (χ1v) is 8.22. The minimum absolute atomic E-state index is 0.0303. The van der Waals surface area contributed by atoms with Gasteiger partial charge in [-0.05, 0) is 49.7 Å². The van der Waals surface area contributed by atoms with Crippen molar-refractivity contribution in [3.05, 3.63) is 58.9 Å². The van der Waals surface area contributed by atoms with Crippen LogP contribution in [-0.4, -0.2) is 15.0 Å². The van der Waals surface area contributed by atoms with Crippen LogP contribution in [0, 0.1) is 12.7 Å². The van der Waals surface area contributed by atoms with E-state index < -0.39 is 15.8 Å². The minimum Gasteiger partial charge on any atom is -0.267 e. The number of anilines is 1. The Kier molecular flexibility index (Phi) is 4.54. The smallest absolute Gasteiger partial charge is 0.264 e. The second-order valence-corrected chi connectivity index (χ2v) is 6.85. The maximum absolute atomic E-state index is 13.2. The summed E-state index contributed by atoms with van der Waals surface area (Å²) in [5.41, 5.74) is 1.52. The van der Waals surface area contributed by atoms with E-state index in [1.54, 1.807) is 25.1 Å². The van der Waals surface area contributed by atoms with E-state index in [-0.39, 0.29) is 16.5 Å². The fourth-order valence-electron chi connectivity index (χ4n) is 2.04. The lowest BCUT2D eigenvalue weighted by Gasteiger charge is -2.23. The zero-order valence-electron chi connectivity index (χ0n) is 11.7. The van der Waals surface area contributed by atoms with Gasteiger partial charge in [0, 0.05) is 6.54 Å². The molecule has 0 N–H and O–H groups in total. The molecule has 3 nitrogen and oxygen atoms in total. The van der Waals surface area contributed by atoms with Gasteiger partial charge < -0.3 is 0 Å². The van der Waals surface area contributed by atoms with E-state index in [1.165, 1.54) is 10.4 Å². The van der Waals surface area contributed by atoms with Crippen LogP contribution in [0.1, 0.15) is 12.5 Å². The number of hydrogen-bond donors (Lipinski definition) is 0. The molecule has 0 spiro atoms. The molecule has 112 valence electrons. The fourth-order valence-corrected chi connectivity index (χ4v) is 3.78. The summed E-state index contributed by atoms with van der Waals surface area (Å²) in [5, 5.41) is -0.212. The third-order valence-electron chi connectivity index (χ3n) is 3.06. The van der Waals surface area contributed by atoms with Crippen molar-refractivity contribution in [2.45, 2.75) is 18.7 Å². The van der Waals surface area contributed by atoms with Crippen molar-refractivity contribution < 1.29 is 12.8 Å². The van der Waals surface area contributed by atoms with Crippen LogP contribution in [0.25, 0.3) is 0 Å². The SMILES string of the molecule is CCN(c1cccc(C)c1)S(=O)(=O)c1ccc(F)c(Cl)c1. The summed E-state index contributed by atoms with van der Waals surface area (Å²) >= 11 is 5.68. The molecular formula is C15H15ClFNO2S. The molecular weight excluding hydrogens is 313 g/mol. The van der Waals surface area contributed by atoms with Crippen molar-refractivity contribution in [3.63, 3.8) is 0 Å². The molecule has 2 aromatic carbocycles. The lowest BCUT2D eigenvalue weighted by atomic mass is 10.2. The van der Waals surface area contributed by atoms with Gasteiger partial charge in [0.15, 0.2) is 0 Å². The van der Waals surface area contributed by atoms with Crippen LogP contribution in [0.5, 0.6) is 0 Å². The predicted molar refractivity (Wildman–Crippen MR) is 82.8 cm³/mol. The number of nitrogens with zero attached hydrogens (tertiary/aromatic N) is 1. The predicted octanol–water partition coefficient (Wildman–Crippen LogP) is 4.00. The molecule has 0 aliphatic rings. The van der Waals surface area contributed by atoms with Crippen molar-refractivity contribution in [1.29, 1.82) is 0 Å². The van der Waals surface area contributed by atoms with Crippen LogP contribution < -0.4 is 4.31 Å². The maximum atomic E-state index is 13.2. The molecule has 0 saturated heterocycles. The number of aryl methyl sites for hydroxylation is 1. The van der Waals surface area contributed by atoms with Gasteiger partial charge in [0.1, 0.15) is 5.82 Å². The van der Waals surface area contributed by atoms with Gasteiger partial charge in [-0.25, -0.2) is 12.8 Å². The van der Waals surface area contributed by atoms with Crippen molar-refractivity contribution in [2.24, 2.45) is 0 Å². The van der Waals surface area contributed by atoms with E-state index in [1.807, 2.05) is 13.0 Å². The summed E-state index contributed by atoms with van der Waals surface area (Å²) < 4.78 is 39.8. The van der Waals surface area contributed by atoms with Gasteiger partial charge in [0.05, 0.1) is 15.6 Å². The standard InChI is InChI=1S/C15H15ClFNO2S/c1-3-18(12-6-4-5-11(2)9-12)21(19,20)13-7-8-15(17)14(16)10-13/h4-10H,3H2,1-2H3. The Bertz CT molecular complexity index is 762. The lowest BCUT2D eigenvalue weighted by molar-refractivity contribution is 0.590. The van der Waals surface area contributed by atoms with E-state index in [2.05, 4.69) is 0 Å². The fraction of sp³-hybridized carbons (Fsp3) is 0.200. The number of halogens is 2. The zero-order chi connectivity index (χ0) is 15.6. The molecule has 0 fully saturated rings. The largest absolute Gasteiger partial charge is 0.267 e. The van der Waals surface area contributed by atoms with Gasteiger partial charge in [-0.2, -0.15) is 0 Å². The molecule has 0 aliphatic heterocycles.